The number of aliphatic imine (C=N–C) groups is 1. The van der Waals surface area contributed by atoms with E-state index in [0.717, 1.165) is 37.3 Å². The molecule has 0 unspecified atom stereocenters. The molecule has 14 heavy (non-hydrogen) atoms. The molecular formula is C10H21N3S. The number of nitrogens with zero attached hydrogens (tertiary/aromatic N) is 2. The highest BCUT2D eigenvalue weighted by atomic mass is 32.2. The van der Waals surface area contributed by atoms with Crippen LogP contribution in [-0.4, -0.2) is 42.5 Å². The van der Waals surface area contributed by atoms with Gasteiger partial charge in [-0.3, -0.25) is 4.99 Å². The summed E-state index contributed by atoms with van der Waals surface area (Å²) >= 11 is 1.81. The van der Waals surface area contributed by atoms with Gasteiger partial charge in [-0.2, -0.15) is 11.8 Å². The lowest BCUT2D eigenvalue weighted by Crippen LogP contribution is -2.42. The lowest BCUT2D eigenvalue weighted by molar-refractivity contribution is 0.278. The number of thioether (sulfide) groups is 1. The molecule has 1 heterocycles. The quantitative estimate of drug-likeness (QED) is 0.439. The minimum absolute atomic E-state index is 0.742. The van der Waals surface area contributed by atoms with E-state index in [1.807, 2.05) is 11.8 Å². The van der Waals surface area contributed by atoms with Gasteiger partial charge in [0.1, 0.15) is 0 Å². The van der Waals surface area contributed by atoms with Crippen molar-refractivity contribution in [2.24, 2.45) is 16.6 Å². The van der Waals surface area contributed by atoms with Gasteiger partial charge in [0.05, 0.1) is 6.54 Å². The second-order valence-corrected chi connectivity index (χ2v) is 4.89. The van der Waals surface area contributed by atoms with Gasteiger partial charge >= 0.3 is 0 Å². The monoisotopic (exact) mass is 215 g/mol. The average molecular weight is 215 g/mol. The molecule has 0 atom stereocenters. The molecule has 0 radical (unpaired) electrons. The molecule has 0 aliphatic carbocycles. The predicted octanol–water partition coefficient (Wildman–Crippen LogP) is 1.40. The Labute approximate surface area is 91.1 Å². The number of likely N-dealkylation sites (tertiary alicyclic amines) is 1. The summed E-state index contributed by atoms with van der Waals surface area (Å²) in [5, 5.41) is 0. The first-order valence-electron chi connectivity index (χ1n) is 5.28. The first kappa shape index (κ1) is 11.7. The molecule has 0 saturated carbocycles. The molecule has 0 aromatic heterocycles. The summed E-state index contributed by atoms with van der Waals surface area (Å²) in [5.41, 5.74) is 5.90. The zero-order chi connectivity index (χ0) is 10.4. The van der Waals surface area contributed by atoms with Crippen LogP contribution in [0.2, 0.25) is 0 Å². The summed E-state index contributed by atoms with van der Waals surface area (Å²) in [6.07, 6.45) is 4.59. The highest BCUT2D eigenvalue weighted by Crippen LogP contribution is 2.15. The Morgan fingerprint density at radius 1 is 1.50 bits per heavy atom. The molecule has 3 nitrogen and oxygen atoms in total. The van der Waals surface area contributed by atoms with Gasteiger partial charge in [-0.1, -0.05) is 6.92 Å². The van der Waals surface area contributed by atoms with Crippen LogP contribution in [0.3, 0.4) is 0 Å². The van der Waals surface area contributed by atoms with E-state index in [0.29, 0.717) is 0 Å². The van der Waals surface area contributed by atoms with Crippen LogP contribution in [0.4, 0.5) is 0 Å². The fraction of sp³-hybridized carbons (Fsp3) is 0.900. The molecule has 0 bridgehead atoms. The number of rotatable bonds is 3. The third-order valence-electron chi connectivity index (χ3n) is 2.68. The van der Waals surface area contributed by atoms with E-state index in [-0.39, 0.29) is 0 Å². The first-order valence-corrected chi connectivity index (χ1v) is 6.67. The van der Waals surface area contributed by atoms with E-state index < -0.39 is 0 Å². The van der Waals surface area contributed by atoms with Crippen LogP contribution in [0.5, 0.6) is 0 Å². The largest absolute Gasteiger partial charge is 0.370 e. The molecule has 1 aliphatic heterocycles. The smallest absolute Gasteiger partial charge is 0.191 e. The first-order chi connectivity index (χ1) is 6.74. The Kier molecular flexibility index (Phi) is 5.15. The SMILES string of the molecule is CSCCN=C(N)N1CCC(C)CC1. The molecule has 82 valence electrons. The molecule has 0 aromatic rings. The highest BCUT2D eigenvalue weighted by Gasteiger charge is 2.16. The summed E-state index contributed by atoms with van der Waals surface area (Å²) in [6.45, 7) is 5.31. The third-order valence-corrected chi connectivity index (χ3v) is 3.27. The van der Waals surface area contributed by atoms with Crippen molar-refractivity contribution in [1.29, 1.82) is 0 Å². The summed E-state index contributed by atoms with van der Waals surface area (Å²) in [7, 11) is 0. The maximum Gasteiger partial charge on any atom is 0.191 e. The Bertz CT molecular complexity index is 186. The minimum atomic E-state index is 0.742. The van der Waals surface area contributed by atoms with Gasteiger partial charge in [-0.15, -0.1) is 0 Å². The lowest BCUT2D eigenvalue weighted by Gasteiger charge is -2.30. The van der Waals surface area contributed by atoms with Crippen molar-refractivity contribution < 1.29 is 0 Å². The summed E-state index contributed by atoms with van der Waals surface area (Å²) < 4.78 is 0. The van der Waals surface area contributed by atoms with Crippen LogP contribution >= 0.6 is 11.8 Å². The Morgan fingerprint density at radius 3 is 2.71 bits per heavy atom. The molecule has 0 amide bonds. The number of guanidine groups is 1. The van der Waals surface area contributed by atoms with Crippen molar-refractivity contribution in [3.8, 4) is 0 Å². The van der Waals surface area contributed by atoms with Crippen LogP contribution in [0.25, 0.3) is 0 Å². The second kappa shape index (κ2) is 6.17. The van der Waals surface area contributed by atoms with E-state index in [2.05, 4.69) is 23.1 Å². The van der Waals surface area contributed by atoms with Crippen molar-refractivity contribution in [3.63, 3.8) is 0 Å². The van der Waals surface area contributed by atoms with Gasteiger partial charge in [0.2, 0.25) is 0 Å². The van der Waals surface area contributed by atoms with E-state index in [4.69, 9.17) is 5.73 Å². The summed E-state index contributed by atoms with van der Waals surface area (Å²) in [4.78, 5) is 6.57. The summed E-state index contributed by atoms with van der Waals surface area (Å²) in [5.74, 6) is 2.65. The van der Waals surface area contributed by atoms with Gasteiger partial charge in [0.25, 0.3) is 0 Å². The van der Waals surface area contributed by atoms with Crippen molar-refractivity contribution in [1.82, 2.24) is 4.90 Å². The van der Waals surface area contributed by atoms with E-state index in [9.17, 15) is 0 Å². The van der Waals surface area contributed by atoms with Crippen molar-refractivity contribution >= 4 is 17.7 Å². The zero-order valence-electron chi connectivity index (χ0n) is 9.20. The lowest BCUT2D eigenvalue weighted by atomic mass is 10.00. The fourth-order valence-corrected chi connectivity index (χ4v) is 1.86. The maximum absolute atomic E-state index is 5.90. The number of hydrogen-bond acceptors (Lipinski definition) is 2. The van der Waals surface area contributed by atoms with Gasteiger partial charge in [-0.05, 0) is 25.0 Å². The Hall–Kier alpha value is -0.380. The van der Waals surface area contributed by atoms with Crippen LogP contribution in [0, 0.1) is 5.92 Å². The number of piperidine rings is 1. The standard InChI is InChI=1S/C10H21N3S/c1-9-3-6-13(7-4-9)10(11)12-5-8-14-2/h9H,3-8H2,1-2H3,(H2,11,12). The molecule has 1 rings (SSSR count). The van der Waals surface area contributed by atoms with Gasteiger partial charge < -0.3 is 10.6 Å². The molecule has 0 spiro atoms. The van der Waals surface area contributed by atoms with Gasteiger partial charge in [0.15, 0.2) is 5.96 Å². The summed E-state index contributed by atoms with van der Waals surface area (Å²) in [6, 6.07) is 0. The Balaban J connectivity index is 2.29. The maximum atomic E-state index is 5.90. The van der Waals surface area contributed by atoms with Crippen molar-refractivity contribution in [2.45, 2.75) is 19.8 Å². The van der Waals surface area contributed by atoms with Crippen LogP contribution in [0.15, 0.2) is 4.99 Å². The van der Waals surface area contributed by atoms with E-state index >= 15 is 0 Å². The number of hydrogen-bond donors (Lipinski definition) is 1. The predicted molar refractivity (Wildman–Crippen MR) is 64.8 cm³/mol. The highest BCUT2D eigenvalue weighted by molar-refractivity contribution is 7.98. The molecule has 0 aromatic carbocycles. The van der Waals surface area contributed by atoms with Crippen molar-refractivity contribution in [3.05, 3.63) is 0 Å². The molecule has 4 heteroatoms. The van der Waals surface area contributed by atoms with Crippen molar-refractivity contribution in [2.75, 3.05) is 31.6 Å². The van der Waals surface area contributed by atoms with Gasteiger partial charge in [0, 0.05) is 18.8 Å². The van der Waals surface area contributed by atoms with Crippen LogP contribution in [0.1, 0.15) is 19.8 Å². The van der Waals surface area contributed by atoms with E-state index in [1.165, 1.54) is 12.8 Å². The molecular weight excluding hydrogens is 194 g/mol. The van der Waals surface area contributed by atoms with E-state index in [1.54, 1.807) is 0 Å². The third kappa shape index (κ3) is 3.78. The Morgan fingerprint density at radius 2 is 2.14 bits per heavy atom. The van der Waals surface area contributed by atoms with Crippen LogP contribution < -0.4 is 5.73 Å². The number of nitrogens with two attached hydrogens (primary N) is 1. The van der Waals surface area contributed by atoms with Crippen LogP contribution in [-0.2, 0) is 0 Å². The second-order valence-electron chi connectivity index (χ2n) is 3.90. The molecule has 2 N–H and O–H groups in total. The minimum Gasteiger partial charge on any atom is -0.370 e. The average Bonchev–Trinajstić information content (AvgIpc) is 2.19. The molecule has 1 fully saturated rings. The molecule has 1 aliphatic rings. The topological polar surface area (TPSA) is 41.6 Å². The normalized spacial score (nSPS) is 20.1. The van der Waals surface area contributed by atoms with Gasteiger partial charge in [-0.25, -0.2) is 0 Å². The fourth-order valence-electron chi connectivity index (χ4n) is 1.59. The zero-order valence-corrected chi connectivity index (χ0v) is 10.0. The molecule has 1 saturated heterocycles.